The maximum absolute atomic E-state index is 11.7. The summed E-state index contributed by atoms with van der Waals surface area (Å²) < 4.78 is 0. The van der Waals surface area contributed by atoms with Gasteiger partial charge in [-0.3, -0.25) is 19.7 Å². The molecule has 114 valence electrons. The summed E-state index contributed by atoms with van der Waals surface area (Å²) in [7, 11) is 0. The van der Waals surface area contributed by atoms with Gasteiger partial charge in [0.05, 0.1) is 4.92 Å². The van der Waals surface area contributed by atoms with Crippen molar-refractivity contribution in [3.05, 3.63) is 56.8 Å². The van der Waals surface area contributed by atoms with Crippen LogP contribution in [0.4, 0.5) is 11.4 Å². The number of amides is 2. The Morgan fingerprint density at radius 2 is 1.95 bits per heavy atom. The molecule has 1 aromatic carbocycles. The van der Waals surface area contributed by atoms with E-state index in [9.17, 15) is 19.7 Å². The summed E-state index contributed by atoms with van der Waals surface area (Å²) in [6.45, 7) is 0.319. The largest absolute Gasteiger partial charge is 0.347 e. The summed E-state index contributed by atoms with van der Waals surface area (Å²) >= 11 is 1.55. The van der Waals surface area contributed by atoms with Crippen molar-refractivity contribution in [1.82, 2.24) is 5.32 Å². The van der Waals surface area contributed by atoms with Crippen LogP contribution < -0.4 is 10.6 Å². The highest BCUT2D eigenvalue weighted by atomic mass is 32.1. The smallest absolute Gasteiger partial charge is 0.313 e. The Bertz CT molecular complexity index is 685. The Balaban J connectivity index is 1.89. The Hall–Kier alpha value is -2.74. The fourth-order valence-electron chi connectivity index (χ4n) is 1.75. The lowest BCUT2D eigenvalue weighted by molar-refractivity contribution is -0.383. The van der Waals surface area contributed by atoms with E-state index in [-0.39, 0.29) is 11.4 Å². The highest BCUT2D eigenvalue weighted by molar-refractivity contribution is 7.07. The van der Waals surface area contributed by atoms with Crippen LogP contribution >= 0.6 is 11.3 Å². The van der Waals surface area contributed by atoms with Gasteiger partial charge in [-0.25, -0.2) is 0 Å². The van der Waals surface area contributed by atoms with Crippen molar-refractivity contribution >= 4 is 34.5 Å². The van der Waals surface area contributed by atoms with Gasteiger partial charge < -0.3 is 10.6 Å². The zero-order chi connectivity index (χ0) is 15.9. The number of benzene rings is 1. The molecule has 0 bridgehead atoms. The van der Waals surface area contributed by atoms with Crippen LogP contribution in [-0.4, -0.2) is 23.3 Å². The molecule has 0 fully saturated rings. The van der Waals surface area contributed by atoms with E-state index >= 15 is 0 Å². The van der Waals surface area contributed by atoms with Crippen LogP contribution in [0.25, 0.3) is 0 Å². The number of nitro groups is 1. The Morgan fingerprint density at radius 3 is 2.64 bits per heavy atom. The minimum absolute atomic E-state index is 0.00881. The molecule has 0 saturated carbocycles. The van der Waals surface area contributed by atoms with Crippen LogP contribution in [0.3, 0.4) is 0 Å². The van der Waals surface area contributed by atoms with Gasteiger partial charge in [0.25, 0.3) is 5.69 Å². The number of nitrogens with zero attached hydrogens (tertiary/aromatic N) is 1. The first-order valence-electron chi connectivity index (χ1n) is 6.41. The number of thiophene rings is 1. The minimum Gasteiger partial charge on any atom is -0.347 e. The number of para-hydroxylation sites is 2. The Labute approximate surface area is 130 Å². The molecule has 0 unspecified atom stereocenters. The Kier molecular flexibility index (Phi) is 5.21. The monoisotopic (exact) mass is 319 g/mol. The number of rotatable bonds is 5. The van der Waals surface area contributed by atoms with E-state index < -0.39 is 16.7 Å². The molecule has 0 radical (unpaired) electrons. The van der Waals surface area contributed by atoms with Crippen LogP contribution in [0.5, 0.6) is 0 Å². The zero-order valence-electron chi connectivity index (χ0n) is 11.4. The average molecular weight is 319 g/mol. The van der Waals surface area contributed by atoms with Gasteiger partial charge in [0, 0.05) is 12.6 Å². The molecule has 2 amide bonds. The van der Waals surface area contributed by atoms with Crippen LogP contribution in [-0.2, 0) is 16.0 Å². The number of nitro benzene ring substituents is 1. The predicted molar refractivity (Wildman–Crippen MR) is 82.8 cm³/mol. The number of hydrogen-bond acceptors (Lipinski definition) is 5. The topological polar surface area (TPSA) is 101 Å². The number of anilines is 1. The first-order chi connectivity index (χ1) is 10.6. The molecule has 1 heterocycles. The molecule has 0 saturated heterocycles. The molecule has 2 aromatic rings. The Morgan fingerprint density at radius 1 is 1.18 bits per heavy atom. The van der Waals surface area contributed by atoms with E-state index in [1.54, 1.807) is 11.3 Å². The second-order valence-corrected chi connectivity index (χ2v) is 5.15. The standard InChI is InChI=1S/C14H13N3O4S/c18-13(15-7-5-10-6-8-22-9-10)14(19)16-11-3-1-2-4-12(11)17(20)21/h1-4,6,8-9H,5,7H2,(H,15,18)(H,16,19). The molecule has 22 heavy (non-hydrogen) atoms. The second kappa shape index (κ2) is 7.32. The zero-order valence-corrected chi connectivity index (χ0v) is 12.3. The minimum atomic E-state index is -0.931. The van der Waals surface area contributed by atoms with Crippen molar-refractivity contribution in [3.63, 3.8) is 0 Å². The first-order valence-corrected chi connectivity index (χ1v) is 7.36. The molecule has 1 aromatic heterocycles. The van der Waals surface area contributed by atoms with E-state index in [2.05, 4.69) is 10.6 Å². The van der Waals surface area contributed by atoms with Crippen LogP contribution in [0.1, 0.15) is 5.56 Å². The molecule has 2 rings (SSSR count). The molecule has 0 atom stereocenters. The molecular formula is C14H13N3O4S. The lowest BCUT2D eigenvalue weighted by Crippen LogP contribution is -2.36. The quantitative estimate of drug-likeness (QED) is 0.499. The summed E-state index contributed by atoms with van der Waals surface area (Å²) in [5.41, 5.74) is 0.803. The van der Waals surface area contributed by atoms with E-state index in [1.807, 2.05) is 16.8 Å². The maximum Gasteiger partial charge on any atom is 0.313 e. The highest BCUT2D eigenvalue weighted by Crippen LogP contribution is 2.22. The molecule has 2 N–H and O–H groups in total. The van der Waals surface area contributed by atoms with Gasteiger partial charge in [-0.1, -0.05) is 12.1 Å². The van der Waals surface area contributed by atoms with Gasteiger partial charge in [-0.05, 0) is 34.9 Å². The molecule has 0 spiro atoms. The van der Waals surface area contributed by atoms with Crippen molar-refractivity contribution in [2.24, 2.45) is 0 Å². The van der Waals surface area contributed by atoms with Gasteiger partial charge >= 0.3 is 11.8 Å². The fraction of sp³-hybridized carbons (Fsp3) is 0.143. The highest BCUT2D eigenvalue weighted by Gasteiger charge is 2.19. The van der Waals surface area contributed by atoms with Crippen LogP contribution in [0.2, 0.25) is 0 Å². The van der Waals surface area contributed by atoms with E-state index in [0.717, 1.165) is 5.56 Å². The third kappa shape index (κ3) is 4.13. The fourth-order valence-corrected chi connectivity index (χ4v) is 2.46. The molecule has 0 aliphatic heterocycles. The first kappa shape index (κ1) is 15.6. The van der Waals surface area contributed by atoms with Gasteiger partial charge in [-0.2, -0.15) is 11.3 Å². The average Bonchev–Trinajstić information content (AvgIpc) is 3.00. The van der Waals surface area contributed by atoms with Gasteiger partial charge in [0.15, 0.2) is 0 Å². The third-order valence-electron chi connectivity index (χ3n) is 2.83. The van der Waals surface area contributed by atoms with Crippen molar-refractivity contribution < 1.29 is 14.5 Å². The molecule has 0 aliphatic rings. The summed E-state index contributed by atoms with van der Waals surface area (Å²) in [4.78, 5) is 33.6. The summed E-state index contributed by atoms with van der Waals surface area (Å²) in [6, 6.07) is 7.58. The normalized spacial score (nSPS) is 10.0. The van der Waals surface area contributed by atoms with Gasteiger partial charge in [0.2, 0.25) is 0 Å². The van der Waals surface area contributed by atoms with Gasteiger partial charge in [0.1, 0.15) is 5.69 Å². The summed E-state index contributed by atoms with van der Waals surface area (Å²) in [5.74, 6) is -1.76. The third-order valence-corrected chi connectivity index (χ3v) is 3.57. The lowest BCUT2D eigenvalue weighted by atomic mass is 10.2. The van der Waals surface area contributed by atoms with Crippen molar-refractivity contribution in [1.29, 1.82) is 0 Å². The molecular weight excluding hydrogens is 306 g/mol. The molecule has 8 heteroatoms. The SMILES string of the molecule is O=C(NCCc1ccsc1)C(=O)Nc1ccccc1[N+](=O)[O-]. The van der Waals surface area contributed by atoms with Crippen LogP contribution in [0.15, 0.2) is 41.1 Å². The number of hydrogen-bond donors (Lipinski definition) is 2. The number of carbonyl (C=O) groups excluding carboxylic acids is 2. The number of carbonyl (C=O) groups is 2. The maximum atomic E-state index is 11.7. The predicted octanol–water partition coefficient (Wildman–Crippen LogP) is 1.95. The second-order valence-electron chi connectivity index (χ2n) is 4.37. The number of nitrogens with one attached hydrogen (secondary N) is 2. The molecule has 0 aliphatic carbocycles. The van der Waals surface area contributed by atoms with E-state index in [4.69, 9.17) is 0 Å². The summed E-state index contributed by atoms with van der Waals surface area (Å²) in [5, 5.41) is 19.4. The van der Waals surface area contributed by atoms with Crippen molar-refractivity contribution in [2.75, 3.05) is 11.9 Å². The van der Waals surface area contributed by atoms with Gasteiger partial charge in [-0.15, -0.1) is 0 Å². The van der Waals surface area contributed by atoms with E-state index in [1.165, 1.54) is 24.3 Å². The lowest BCUT2D eigenvalue weighted by Gasteiger charge is -2.06. The van der Waals surface area contributed by atoms with Crippen molar-refractivity contribution in [3.8, 4) is 0 Å². The van der Waals surface area contributed by atoms with Crippen LogP contribution in [0, 0.1) is 10.1 Å². The van der Waals surface area contributed by atoms with E-state index in [0.29, 0.717) is 13.0 Å². The summed E-state index contributed by atoms with van der Waals surface area (Å²) in [6.07, 6.45) is 0.619. The van der Waals surface area contributed by atoms with Crippen molar-refractivity contribution in [2.45, 2.75) is 6.42 Å². The molecule has 7 nitrogen and oxygen atoms in total.